The van der Waals surface area contributed by atoms with Crippen LogP contribution in [0.1, 0.15) is 17.1 Å². The lowest BCUT2D eigenvalue weighted by Gasteiger charge is -2.37. The van der Waals surface area contributed by atoms with E-state index in [0.29, 0.717) is 33.3 Å². The van der Waals surface area contributed by atoms with Gasteiger partial charge >= 0.3 is 6.18 Å². The molecule has 1 aliphatic heterocycles. The monoisotopic (exact) mass is 460 g/mol. The fourth-order valence-corrected chi connectivity index (χ4v) is 3.60. The van der Waals surface area contributed by atoms with Gasteiger partial charge in [-0.1, -0.05) is 11.6 Å². The van der Waals surface area contributed by atoms with Crippen LogP contribution in [0, 0.1) is 0 Å². The zero-order chi connectivity index (χ0) is 22.1. The number of hydrogen-bond donors (Lipinski definition) is 3. The van der Waals surface area contributed by atoms with Crippen molar-refractivity contribution in [2.75, 3.05) is 25.1 Å². The Kier molecular flexibility index (Phi) is 5.71. The van der Waals surface area contributed by atoms with Crippen molar-refractivity contribution in [2.45, 2.75) is 24.6 Å². The number of H-pyrrole nitrogens is 1. The van der Waals surface area contributed by atoms with Crippen molar-refractivity contribution in [2.24, 2.45) is 0 Å². The lowest BCUT2D eigenvalue weighted by atomic mass is 9.88. The molecule has 0 radical (unpaired) electrons. The van der Waals surface area contributed by atoms with Gasteiger partial charge < -0.3 is 20.4 Å². The molecule has 0 saturated carbocycles. The summed E-state index contributed by atoms with van der Waals surface area (Å²) in [4.78, 5) is 28.7. The Morgan fingerprint density at radius 1 is 1.32 bits per heavy atom. The predicted octanol–water partition coefficient (Wildman–Crippen LogP) is 4.05. The first-order valence-corrected chi connectivity index (χ1v) is 9.81. The molecule has 0 spiro atoms. The molecule has 0 unspecified atom stereocenters. The maximum absolute atomic E-state index is 12.7. The second kappa shape index (κ2) is 8.31. The number of carbonyl (C=O) groups excluding carboxylic acids is 1. The molecule has 170 valence electrons. The molecule has 8 nitrogen and oxygen atoms in total. The van der Waals surface area contributed by atoms with Crippen LogP contribution in [0.5, 0.6) is 0 Å². The summed E-state index contributed by atoms with van der Waals surface area (Å²) in [7, 11) is 0. The third-order valence-corrected chi connectivity index (χ3v) is 5.20. The van der Waals surface area contributed by atoms with Gasteiger partial charge in [-0.05, 0) is 12.1 Å². The molecule has 1 amide bonds. The zero-order valence-electron chi connectivity index (χ0n) is 16.1. The van der Waals surface area contributed by atoms with Crippen LogP contribution in [0.4, 0.5) is 19.0 Å². The minimum Gasteiger partial charge on any atom is -0.381 e. The standard InChI is InChI=1S/C19H18ClF3N6O2.3H2/c20-11-7-12-13(9-26-15(12)25-8-11)16-24-4-1-14(28-16)29-18(2-5-31-6-3-18)17(30)27-10-19(21,22)23;;;/h1,4,7-9H,2-3,5-6,10H2,(H,25,26)(H,27,30)(H,24,28,29);3*1H. The van der Waals surface area contributed by atoms with Crippen molar-refractivity contribution >= 4 is 34.4 Å². The number of hydrogen-bond acceptors (Lipinski definition) is 6. The van der Waals surface area contributed by atoms with Gasteiger partial charge in [-0.25, -0.2) is 15.0 Å². The van der Waals surface area contributed by atoms with Crippen molar-refractivity contribution in [3.8, 4) is 11.4 Å². The van der Waals surface area contributed by atoms with Gasteiger partial charge in [0.2, 0.25) is 5.91 Å². The van der Waals surface area contributed by atoms with Gasteiger partial charge in [0.1, 0.15) is 23.5 Å². The number of rotatable bonds is 5. The van der Waals surface area contributed by atoms with Crippen molar-refractivity contribution in [1.82, 2.24) is 25.3 Å². The average molecular weight is 461 g/mol. The van der Waals surface area contributed by atoms with E-state index in [4.69, 9.17) is 16.3 Å². The number of fused-ring (bicyclic) bond motifs is 1. The van der Waals surface area contributed by atoms with Crippen LogP contribution < -0.4 is 10.6 Å². The maximum Gasteiger partial charge on any atom is 0.405 e. The van der Waals surface area contributed by atoms with Crippen molar-refractivity contribution in [3.05, 3.63) is 35.7 Å². The SMILES string of the molecule is O=C(NCC(F)(F)F)C1(Nc2ccnc(-c3c[nH]c4ncc(Cl)cc34)n2)CCOCC1.[HH].[HH].[HH]. The number of amides is 1. The molecule has 31 heavy (non-hydrogen) atoms. The van der Waals surface area contributed by atoms with Gasteiger partial charge in [-0.15, -0.1) is 0 Å². The molecule has 4 rings (SSSR count). The average Bonchev–Trinajstić information content (AvgIpc) is 3.15. The van der Waals surface area contributed by atoms with Crippen molar-refractivity contribution in [3.63, 3.8) is 0 Å². The zero-order valence-corrected chi connectivity index (χ0v) is 16.8. The molecule has 0 aromatic carbocycles. The van der Waals surface area contributed by atoms with Gasteiger partial charge in [-0.2, -0.15) is 13.2 Å². The highest BCUT2D eigenvalue weighted by molar-refractivity contribution is 6.31. The first kappa shape index (κ1) is 21.3. The number of ether oxygens (including phenoxy) is 1. The van der Waals surface area contributed by atoms with E-state index in [0.717, 1.165) is 0 Å². The molecule has 3 aromatic rings. The van der Waals surface area contributed by atoms with Gasteiger partial charge in [0.15, 0.2) is 5.82 Å². The van der Waals surface area contributed by atoms with Crippen molar-refractivity contribution in [1.29, 1.82) is 0 Å². The highest BCUT2D eigenvalue weighted by Gasteiger charge is 2.42. The Balaban J connectivity index is 0.00000193. The van der Waals surface area contributed by atoms with E-state index in [-0.39, 0.29) is 30.3 Å². The summed E-state index contributed by atoms with van der Waals surface area (Å²) >= 11 is 6.04. The summed E-state index contributed by atoms with van der Waals surface area (Å²) in [6, 6.07) is 3.28. The highest BCUT2D eigenvalue weighted by Crippen LogP contribution is 2.30. The van der Waals surface area contributed by atoms with E-state index in [9.17, 15) is 18.0 Å². The van der Waals surface area contributed by atoms with Crippen LogP contribution in [0.3, 0.4) is 0 Å². The van der Waals surface area contributed by atoms with Crippen LogP contribution in [0.15, 0.2) is 30.7 Å². The largest absolute Gasteiger partial charge is 0.405 e. The normalized spacial score (nSPS) is 16.3. The van der Waals surface area contributed by atoms with Crippen LogP contribution in [0.2, 0.25) is 5.02 Å². The van der Waals surface area contributed by atoms with Gasteiger partial charge in [0, 0.05) is 59.9 Å². The Bertz CT molecular complexity index is 1110. The summed E-state index contributed by atoms with van der Waals surface area (Å²) in [5.74, 6) is -0.104. The number of nitrogens with zero attached hydrogens (tertiary/aromatic N) is 3. The highest BCUT2D eigenvalue weighted by atomic mass is 35.5. The van der Waals surface area contributed by atoms with E-state index < -0.39 is 24.2 Å². The smallest absolute Gasteiger partial charge is 0.381 e. The molecular weight excluding hydrogens is 437 g/mol. The first-order chi connectivity index (χ1) is 14.8. The number of aromatic amines is 1. The minimum absolute atomic E-state index is 0. The summed E-state index contributed by atoms with van der Waals surface area (Å²) in [6.45, 7) is -0.942. The van der Waals surface area contributed by atoms with Gasteiger partial charge in [0.25, 0.3) is 0 Å². The Labute approximate surface area is 184 Å². The van der Waals surface area contributed by atoms with Crippen LogP contribution in [0.25, 0.3) is 22.4 Å². The Morgan fingerprint density at radius 3 is 2.84 bits per heavy atom. The fraction of sp³-hybridized carbons (Fsp3) is 0.368. The molecule has 4 heterocycles. The number of carbonyl (C=O) groups is 1. The predicted molar refractivity (Wildman–Crippen MR) is 114 cm³/mol. The maximum atomic E-state index is 12.7. The number of alkyl halides is 3. The molecule has 0 aliphatic carbocycles. The van der Waals surface area contributed by atoms with E-state index in [2.05, 4.69) is 25.3 Å². The molecule has 1 fully saturated rings. The third kappa shape index (κ3) is 4.72. The molecule has 0 bridgehead atoms. The number of nitrogens with one attached hydrogen (secondary N) is 3. The topological polar surface area (TPSA) is 105 Å². The molecule has 1 saturated heterocycles. The molecular formula is C19H24ClF3N6O2. The van der Waals surface area contributed by atoms with E-state index in [1.165, 1.54) is 12.4 Å². The molecule has 3 N–H and O–H groups in total. The number of anilines is 1. The van der Waals surface area contributed by atoms with E-state index >= 15 is 0 Å². The fourth-order valence-electron chi connectivity index (χ4n) is 3.44. The molecule has 3 aromatic heterocycles. The molecule has 1 aliphatic rings. The first-order valence-electron chi connectivity index (χ1n) is 9.43. The summed E-state index contributed by atoms with van der Waals surface area (Å²) in [5.41, 5.74) is -0.0230. The van der Waals surface area contributed by atoms with Crippen molar-refractivity contribution < 1.29 is 27.0 Å². The number of aromatic nitrogens is 4. The van der Waals surface area contributed by atoms with Crippen LogP contribution in [-0.4, -0.2) is 57.3 Å². The van der Waals surface area contributed by atoms with Crippen LogP contribution in [-0.2, 0) is 9.53 Å². The van der Waals surface area contributed by atoms with E-state index in [1.807, 2.05) is 5.32 Å². The lowest BCUT2D eigenvalue weighted by Crippen LogP contribution is -2.57. The number of pyridine rings is 1. The second-order valence-electron chi connectivity index (χ2n) is 7.13. The summed E-state index contributed by atoms with van der Waals surface area (Å²) in [6.07, 6.45) is 0.590. The Hall–Kier alpha value is -2.92. The lowest BCUT2D eigenvalue weighted by molar-refractivity contribution is -0.142. The third-order valence-electron chi connectivity index (χ3n) is 4.99. The van der Waals surface area contributed by atoms with Crippen LogP contribution >= 0.6 is 11.6 Å². The number of halogens is 4. The van der Waals surface area contributed by atoms with Gasteiger partial charge in [0.05, 0.1) is 5.02 Å². The second-order valence-corrected chi connectivity index (χ2v) is 7.57. The Morgan fingerprint density at radius 2 is 2.10 bits per heavy atom. The minimum atomic E-state index is -4.51. The summed E-state index contributed by atoms with van der Waals surface area (Å²) in [5, 5.41) is 6.17. The molecule has 12 heteroatoms. The quantitative estimate of drug-likeness (QED) is 0.530. The summed E-state index contributed by atoms with van der Waals surface area (Å²) < 4.78 is 43.1. The van der Waals surface area contributed by atoms with E-state index in [1.54, 1.807) is 18.3 Å². The molecule has 0 atom stereocenters. The van der Waals surface area contributed by atoms with Gasteiger partial charge in [-0.3, -0.25) is 4.79 Å².